The number of carbonyl (C=O) groups is 1. The van der Waals surface area contributed by atoms with Crippen molar-refractivity contribution in [2.45, 2.75) is 0 Å². The zero-order valence-corrected chi connectivity index (χ0v) is 7.05. The number of aliphatic carboxylic acids is 1. The van der Waals surface area contributed by atoms with Crippen LogP contribution in [0.5, 0.6) is 0 Å². The third-order valence-electron chi connectivity index (χ3n) is 2.20. The Morgan fingerprint density at radius 1 is 1.54 bits per heavy atom. The Hall–Kier alpha value is -1.58. The number of anilines is 1. The zero-order valence-electron chi connectivity index (χ0n) is 7.05. The second kappa shape index (κ2) is 3.05. The quantitative estimate of drug-likeness (QED) is 0.720. The van der Waals surface area contributed by atoms with Crippen LogP contribution >= 0.6 is 0 Å². The molecule has 1 aromatic heterocycles. The molecule has 0 saturated carbocycles. The molecule has 1 aliphatic rings. The Labute approximate surface area is 75.8 Å². The molecule has 4 nitrogen and oxygen atoms in total. The van der Waals surface area contributed by atoms with Gasteiger partial charge in [-0.15, -0.1) is 0 Å². The molecule has 0 amide bonds. The molecule has 1 fully saturated rings. The van der Waals surface area contributed by atoms with E-state index in [9.17, 15) is 4.79 Å². The summed E-state index contributed by atoms with van der Waals surface area (Å²) in [4.78, 5) is 16.6. The van der Waals surface area contributed by atoms with Crippen LogP contribution in [0.15, 0.2) is 24.4 Å². The van der Waals surface area contributed by atoms with Crippen LogP contribution in [0.3, 0.4) is 0 Å². The number of pyridine rings is 1. The van der Waals surface area contributed by atoms with Gasteiger partial charge in [0.1, 0.15) is 5.82 Å². The van der Waals surface area contributed by atoms with E-state index < -0.39 is 5.97 Å². The van der Waals surface area contributed by atoms with Gasteiger partial charge in [-0.1, -0.05) is 6.07 Å². The lowest BCUT2D eigenvalue weighted by molar-refractivity contribution is -0.142. The van der Waals surface area contributed by atoms with Gasteiger partial charge in [-0.3, -0.25) is 4.79 Å². The van der Waals surface area contributed by atoms with Crippen molar-refractivity contribution in [3.63, 3.8) is 0 Å². The SMILES string of the molecule is O=C(O)C1CN(c2ccccn2)C1. The molecule has 68 valence electrons. The van der Waals surface area contributed by atoms with Crippen LogP contribution in [0.1, 0.15) is 0 Å². The fourth-order valence-electron chi connectivity index (χ4n) is 1.36. The lowest BCUT2D eigenvalue weighted by Crippen LogP contribution is -2.50. The average molecular weight is 178 g/mol. The van der Waals surface area contributed by atoms with Crippen molar-refractivity contribution in [1.82, 2.24) is 4.98 Å². The molecule has 2 rings (SSSR count). The Kier molecular flexibility index (Phi) is 1.88. The normalized spacial score (nSPS) is 16.8. The molecular weight excluding hydrogens is 168 g/mol. The van der Waals surface area contributed by atoms with Crippen LogP contribution in [0, 0.1) is 5.92 Å². The number of carboxylic acid groups (broad SMARTS) is 1. The summed E-state index contributed by atoms with van der Waals surface area (Å²) in [6.07, 6.45) is 1.71. The summed E-state index contributed by atoms with van der Waals surface area (Å²) < 4.78 is 0. The second-order valence-electron chi connectivity index (χ2n) is 3.13. The van der Waals surface area contributed by atoms with Crippen LogP contribution in [0.4, 0.5) is 5.82 Å². The molecule has 1 aliphatic heterocycles. The Balaban J connectivity index is 1.98. The monoisotopic (exact) mass is 178 g/mol. The third-order valence-corrected chi connectivity index (χ3v) is 2.20. The van der Waals surface area contributed by atoms with Gasteiger partial charge < -0.3 is 10.0 Å². The predicted octanol–water partition coefficient (Wildman–Crippen LogP) is 0.602. The van der Waals surface area contributed by atoms with Crippen LogP contribution in [-0.4, -0.2) is 29.1 Å². The standard InChI is InChI=1S/C9H10N2O2/c12-9(13)7-5-11(6-7)8-3-1-2-4-10-8/h1-4,7H,5-6H2,(H,12,13). The fourth-order valence-corrected chi connectivity index (χ4v) is 1.36. The lowest BCUT2D eigenvalue weighted by atomic mass is 10.0. The minimum atomic E-state index is -0.716. The molecule has 0 atom stereocenters. The van der Waals surface area contributed by atoms with Crippen molar-refractivity contribution in [3.8, 4) is 0 Å². The summed E-state index contributed by atoms with van der Waals surface area (Å²) in [5, 5.41) is 8.65. The molecule has 4 heteroatoms. The highest BCUT2D eigenvalue weighted by Gasteiger charge is 2.32. The first-order valence-corrected chi connectivity index (χ1v) is 4.16. The van der Waals surface area contributed by atoms with Gasteiger partial charge >= 0.3 is 5.97 Å². The maximum absolute atomic E-state index is 10.5. The lowest BCUT2D eigenvalue weighted by Gasteiger charge is -2.37. The van der Waals surface area contributed by atoms with Crippen molar-refractivity contribution in [2.75, 3.05) is 18.0 Å². The number of carboxylic acids is 1. The van der Waals surface area contributed by atoms with E-state index in [0.717, 1.165) is 5.82 Å². The minimum absolute atomic E-state index is 0.220. The molecule has 0 unspecified atom stereocenters. The van der Waals surface area contributed by atoms with E-state index in [1.54, 1.807) is 6.20 Å². The van der Waals surface area contributed by atoms with Gasteiger partial charge in [0.05, 0.1) is 5.92 Å². The first-order valence-electron chi connectivity index (χ1n) is 4.16. The Morgan fingerprint density at radius 2 is 2.31 bits per heavy atom. The number of aromatic nitrogens is 1. The highest BCUT2D eigenvalue weighted by atomic mass is 16.4. The molecule has 2 heterocycles. The summed E-state index contributed by atoms with van der Waals surface area (Å²) >= 11 is 0. The number of hydrogen-bond acceptors (Lipinski definition) is 3. The summed E-state index contributed by atoms with van der Waals surface area (Å²) in [5.74, 6) is -0.0748. The molecule has 0 spiro atoms. The van der Waals surface area contributed by atoms with E-state index in [2.05, 4.69) is 4.98 Å². The summed E-state index contributed by atoms with van der Waals surface area (Å²) in [5.41, 5.74) is 0. The van der Waals surface area contributed by atoms with Crippen LogP contribution in [0.2, 0.25) is 0 Å². The first-order chi connectivity index (χ1) is 6.27. The second-order valence-corrected chi connectivity index (χ2v) is 3.13. The zero-order chi connectivity index (χ0) is 9.26. The molecule has 0 radical (unpaired) electrons. The van der Waals surface area contributed by atoms with Gasteiger partial charge in [0, 0.05) is 19.3 Å². The Morgan fingerprint density at radius 3 is 2.85 bits per heavy atom. The number of rotatable bonds is 2. The maximum Gasteiger partial charge on any atom is 0.310 e. The molecule has 13 heavy (non-hydrogen) atoms. The van der Waals surface area contributed by atoms with E-state index in [-0.39, 0.29) is 5.92 Å². The van der Waals surface area contributed by atoms with Gasteiger partial charge in [0.15, 0.2) is 0 Å². The van der Waals surface area contributed by atoms with Crippen molar-refractivity contribution >= 4 is 11.8 Å². The highest BCUT2D eigenvalue weighted by Crippen LogP contribution is 2.21. The average Bonchev–Trinajstić information content (AvgIpc) is 2.02. The van der Waals surface area contributed by atoms with Gasteiger partial charge in [-0.05, 0) is 12.1 Å². The smallest absolute Gasteiger partial charge is 0.310 e. The molecule has 1 aromatic rings. The Bertz CT molecular complexity index is 307. The maximum atomic E-state index is 10.5. The van der Waals surface area contributed by atoms with E-state index in [0.29, 0.717) is 13.1 Å². The molecule has 1 N–H and O–H groups in total. The van der Waals surface area contributed by atoms with Gasteiger partial charge in [0.2, 0.25) is 0 Å². The van der Waals surface area contributed by atoms with Crippen molar-refractivity contribution in [2.24, 2.45) is 5.92 Å². The van der Waals surface area contributed by atoms with E-state index >= 15 is 0 Å². The van der Waals surface area contributed by atoms with Crippen LogP contribution < -0.4 is 4.90 Å². The number of hydrogen-bond donors (Lipinski definition) is 1. The van der Waals surface area contributed by atoms with E-state index in [1.165, 1.54) is 0 Å². The highest BCUT2D eigenvalue weighted by molar-refractivity contribution is 5.74. The van der Waals surface area contributed by atoms with Gasteiger partial charge in [-0.25, -0.2) is 4.98 Å². The molecule has 1 saturated heterocycles. The van der Waals surface area contributed by atoms with Gasteiger partial charge in [0.25, 0.3) is 0 Å². The summed E-state index contributed by atoms with van der Waals surface area (Å²) in [6, 6.07) is 5.63. The first kappa shape index (κ1) is 8.04. The largest absolute Gasteiger partial charge is 0.481 e. The molecule has 0 bridgehead atoms. The third kappa shape index (κ3) is 1.47. The fraction of sp³-hybridized carbons (Fsp3) is 0.333. The van der Waals surface area contributed by atoms with Crippen molar-refractivity contribution in [1.29, 1.82) is 0 Å². The molecular formula is C9H10N2O2. The molecule has 0 aromatic carbocycles. The number of nitrogens with zero attached hydrogens (tertiary/aromatic N) is 2. The van der Waals surface area contributed by atoms with Crippen molar-refractivity contribution < 1.29 is 9.90 Å². The minimum Gasteiger partial charge on any atom is -0.481 e. The molecule has 0 aliphatic carbocycles. The van der Waals surface area contributed by atoms with Crippen LogP contribution in [-0.2, 0) is 4.79 Å². The van der Waals surface area contributed by atoms with E-state index in [1.807, 2.05) is 23.1 Å². The summed E-state index contributed by atoms with van der Waals surface area (Å²) in [7, 11) is 0. The topological polar surface area (TPSA) is 53.4 Å². The summed E-state index contributed by atoms with van der Waals surface area (Å²) in [6.45, 7) is 1.15. The van der Waals surface area contributed by atoms with E-state index in [4.69, 9.17) is 5.11 Å². The van der Waals surface area contributed by atoms with Crippen LogP contribution in [0.25, 0.3) is 0 Å². The predicted molar refractivity (Wildman–Crippen MR) is 47.6 cm³/mol. The van der Waals surface area contributed by atoms with Gasteiger partial charge in [-0.2, -0.15) is 0 Å². The van der Waals surface area contributed by atoms with Crippen molar-refractivity contribution in [3.05, 3.63) is 24.4 Å².